The lowest BCUT2D eigenvalue weighted by Gasteiger charge is -2.20. The Morgan fingerprint density at radius 2 is 1.93 bits per heavy atom. The lowest BCUT2D eigenvalue weighted by Crippen LogP contribution is -2.38. The molecule has 0 spiro atoms. The van der Waals surface area contributed by atoms with Crippen LogP contribution in [-0.2, 0) is 10.0 Å². The van der Waals surface area contributed by atoms with E-state index >= 15 is 0 Å². The van der Waals surface area contributed by atoms with Crippen LogP contribution in [-0.4, -0.2) is 20.2 Å². The highest BCUT2D eigenvalue weighted by molar-refractivity contribution is 7.89. The Kier molecular flexibility index (Phi) is 5.33. The van der Waals surface area contributed by atoms with Gasteiger partial charge in [-0.3, -0.25) is 0 Å². The zero-order valence-electron chi connectivity index (χ0n) is 10.0. The fourth-order valence-electron chi connectivity index (χ4n) is 1.29. The van der Waals surface area contributed by atoms with Gasteiger partial charge in [-0.15, -0.1) is 6.42 Å². The standard InChI is InChI=1S/C11H21NO2S/c1-6-8-10(7-2)12-15(13,14)9-11(3,4)5/h2,10,12H,6,8-9H2,1,3-5H3. The van der Waals surface area contributed by atoms with Crippen molar-refractivity contribution >= 4 is 10.0 Å². The third kappa shape index (κ3) is 7.40. The second kappa shape index (κ2) is 5.53. The first-order chi connectivity index (χ1) is 6.70. The summed E-state index contributed by atoms with van der Waals surface area (Å²) in [6.07, 6.45) is 6.80. The van der Waals surface area contributed by atoms with Crippen LogP contribution in [0.15, 0.2) is 0 Å². The van der Waals surface area contributed by atoms with Gasteiger partial charge in [-0.2, -0.15) is 0 Å². The molecule has 0 fully saturated rings. The van der Waals surface area contributed by atoms with Crippen molar-refractivity contribution in [2.24, 2.45) is 5.41 Å². The van der Waals surface area contributed by atoms with Crippen molar-refractivity contribution in [2.45, 2.75) is 46.6 Å². The van der Waals surface area contributed by atoms with Crippen molar-refractivity contribution in [1.29, 1.82) is 0 Å². The summed E-state index contributed by atoms with van der Waals surface area (Å²) in [6.45, 7) is 7.63. The normalized spacial score (nSPS) is 14.6. The van der Waals surface area contributed by atoms with Crippen LogP contribution < -0.4 is 4.72 Å². The first kappa shape index (κ1) is 14.5. The van der Waals surface area contributed by atoms with Crippen LogP contribution >= 0.6 is 0 Å². The Hall–Kier alpha value is -0.530. The predicted octanol–water partition coefficient (Wildman–Crippen LogP) is 1.75. The van der Waals surface area contributed by atoms with Crippen LogP contribution in [0.2, 0.25) is 0 Å². The zero-order valence-corrected chi connectivity index (χ0v) is 10.8. The molecule has 3 nitrogen and oxygen atoms in total. The number of sulfonamides is 1. The first-order valence-electron chi connectivity index (χ1n) is 5.16. The predicted molar refractivity (Wildman–Crippen MR) is 63.9 cm³/mol. The van der Waals surface area contributed by atoms with Crippen molar-refractivity contribution in [3.8, 4) is 12.3 Å². The van der Waals surface area contributed by atoms with E-state index in [2.05, 4.69) is 10.6 Å². The molecule has 0 bridgehead atoms. The van der Waals surface area contributed by atoms with Gasteiger partial charge in [0, 0.05) is 0 Å². The summed E-state index contributed by atoms with van der Waals surface area (Å²) in [4.78, 5) is 0. The van der Waals surface area contributed by atoms with E-state index in [1.165, 1.54) is 0 Å². The molecule has 0 heterocycles. The van der Waals surface area contributed by atoms with Gasteiger partial charge in [0.15, 0.2) is 0 Å². The minimum absolute atomic E-state index is 0.0991. The van der Waals surface area contributed by atoms with Crippen LogP contribution in [0.4, 0.5) is 0 Å². The third-order valence-electron chi connectivity index (χ3n) is 1.72. The molecule has 0 saturated carbocycles. The van der Waals surface area contributed by atoms with Gasteiger partial charge in [0.05, 0.1) is 11.8 Å². The maximum atomic E-state index is 11.7. The summed E-state index contributed by atoms with van der Waals surface area (Å²) < 4.78 is 25.9. The van der Waals surface area contributed by atoms with Gasteiger partial charge in [-0.25, -0.2) is 13.1 Å². The summed E-state index contributed by atoms with van der Waals surface area (Å²) in [7, 11) is -3.27. The summed E-state index contributed by atoms with van der Waals surface area (Å²) in [6, 6.07) is -0.373. The number of hydrogen-bond donors (Lipinski definition) is 1. The van der Waals surface area contributed by atoms with E-state index in [9.17, 15) is 8.42 Å². The monoisotopic (exact) mass is 231 g/mol. The number of hydrogen-bond acceptors (Lipinski definition) is 2. The van der Waals surface area contributed by atoms with Crippen molar-refractivity contribution in [3.63, 3.8) is 0 Å². The molecule has 0 aliphatic carbocycles. The molecule has 0 aliphatic rings. The van der Waals surface area contributed by atoms with Crippen LogP contribution in [0.5, 0.6) is 0 Å². The zero-order chi connectivity index (χ0) is 12.1. The summed E-state index contributed by atoms with van der Waals surface area (Å²) in [5.74, 6) is 2.55. The van der Waals surface area contributed by atoms with E-state index in [1.54, 1.807) is 0 Å². The Morgan fingerprint density at radius 3 is 2.27 bits per heavy atom. The molecular weight excluding hydrogens is 210 g/mol. The Labute approximate surface area is 93.7 Å². The number of nitrogens with one attached hydrogen (secondary N) is 1. The summed E-state index contributed by atoms with van der Waals surface area (Å²) >= 11 is 0. The molecule has 1 atom stereocenters. The molecule has 0 radical (unpaired) electrons. The van der Waals surface area contributed by atoms with Crippen LogP contribution in [0.25, 0.3) is 0 Å². The first-order valence-corrected chi connectivity index (χ1v) is 6.81. The molecule has 88 valence electrons. The van der Waals surface area contributed by atoms with E-state index in [-0.39, 0.29) is 17.2 Å². The molecular formula is C11H21NO2S. The van der Waals surface area contributed by atoms with Crippen LogP contribution in [0.3, 0.4) is 0 Å². The van der Waals surface area contributed by atoms with Gasteiger partial charge < -0.3 is 0 Å². The number of rotatable bonds is 5. The van der Waals surface area contributed by atoms with Gasteiger partial charge in [-0.1, -0.05) is 40.0 Å². The lowest BCUT2D eigenvalue weighted by atomic mass is 10.0. The molecule has 0 aromatic rings. The average molecular weight is 231 g/mol. The maximum absolute atomic E-state index is 11.7. The van der Waals surface area contributed by atoms with Gasteiger partial charge >= 0.3 is 0 Å². The van der Waals surface area contributed by atoms with Gasteiger partial charge in [0.2, 0.25) is 10.0 Å². The minimum Gasteiger partial charge on any atom is -0.212 e. The summed E-state index contributed by atoms with van der Waals surface area (Å²) in [5.41, 5.74) is -0.253. The van der Waals surface area contributed by atoms with Gasteiger partial charge in [-0.05, 0) is 11.8 Å². The Balaban J connectivity index is 4.45. The van der Waals surface area contributed by atoms with Crippen molar-refractivity contribution in [1.82, 2.24) is 4.72 Å². The van der Waals surface area contributed by atoms with Gasteiger partial charge in [0.1, 0.15) is 0 Å². The molecule has 0 aromatic heterocycles. The molecule has 1 unspecified atom stereocenters. The quantitative estimate of drug-likeness (QED) is 0.733. The van der Waals surface area contributed by atoms with E-state index in [1.807, 2.05) is 27.7 Å². The van der Waals surface area contributed by atoms with Crippen LogP contribution in [0.1, 0.15) is 40.5 Å². The molecule has 4 heteroatoms. The fraction of sp³-hybridized carbons (Fsp3) is 0.818. The smallest absolute Gasteiger partial charge is 0.212 e. The van der Waals surface area contributed by atoms with E-state index < -0.39 is 10.0 Å². The second-order valence-corrected chi connectivity index (χ2v) is 6.70. The largest absolute Gasteiger partial charge is 0.213 e. The number of terminal acetylenes is 1. The average Bonchev–Trinajstić information content (AvgIpc) is 1.98. The minimum atomic E-state index is -3.27. The van der Waals surface area contributed by atoms with Crippen molar-refractivity contribution < 1.29 is 8.42 Å². The van der Waals surface area contributed by atoms with Crippen molar-refractivity contribution in [3.05, 3.63) is 0 Å². The van der Waals surface area contributed by atoms with Crippen LogP contribution in [0, 0.1) is 17.8 Å². The highest BCUT2D eigenvalue weighted by atomic mass is 32.2. The third-order valence-corrected chi connectivity index (χ3v) is 3.61. The fourth-order valence-corrected chi connectivity index (χ4v) is 3.14. The van der Waals surface area contributed by atoms with E-state index in [4.69, 9.17) is 6.42 Å². The molecule has 0 rings (SSSR count). The Morgan fingerprint density at radius 1 is 1.40 bits per heavy atom. The second-order valence-electron chi connectivity index (χ2n) is 4.95. The van der Waals surface area contributed by atoms with Gasteiger partial charge in [0.25, 0.3) is 0 Å². The molecule has 1 N–H and O–H groups in total. The van der Waals surface area contributed by atoms with Crippen molar-refractivity contribution in [2.75, 3.05) is 5.75 Å². The lowest BCUT2D eigenvalue weighted by molar-refractivity contribution is 0.455. The topological polar surface area (TPSA) is 46.2 Å². The molecule has 0 saturated heterocycles. The summed E-state index contributed by atoms with van der Waals surface area (Å²) in [5, 5.41) is 0. The van der Waals surface area contributed by atoms with E-state index in [0.29, 0.717) is 6.42 Å². The maximum Gasteiger partial charge on any atom is 0.213 e. The highest BCUT2D eigenvalue weighted by Crippen LogP contribution is 2.15. The van der Waals surface area contributed by atoms with E-state index in [0.717, 1.165) is 6.42 Å². The molecule has 0 amide bonds. The molecule has 0 aromatic carbocycles. The molecule has 15 heavy (non-hydrogen) atoms. The SMILES string of the molecule is C#CC(CCC)NS(=O)(=O)CC(C)(C)C. The Bertz CT molecular complexity index is 319. The molecule has 0 aliphatic heterocycles. The highest BCUT2D eigenvalue weighted by Gasteiger charge is 2.23.